The van der Waals surface area contributed by atoms with Crippen molar-refractivity contribution in [3.63, 3.8) is 0 Å². The predicted molar refractivity (Wildman–Crippen MR) is 68.7 cm³/mol. The first-order valence-corrected chi connectivity index (χ1v) is 6.03. The first-order valence-electron chi connectivity index (χ1n) is 5.62. The van der Waals surface area contributed by atoms with Crippen molar-refractivity contribution in [2.45, 2.75) is 20.0 Å². The molecule has 0 atom stereocenters. The molecule has 90 valence electrons. The summed E-state index contributed by atoms with van der Waals surface area (Å²) in [7, 11) is 0. The van der Waals surface area contributed by atoms with Crippen molar-refractivity contribution in [2.24, 2.45) is 0 Å². The Labute approximate surface area is 105 Å². The van der Waals surface area contributed by atoms with Crippen LogP contribution in [-0.4, -0.2) is 21.4 Å². The maximum atomic E-state index is 5.49. The van der Waals surface area contributed by atoms with E-state index in [1.54, 1.807) is 0 Å². The molecule has 0 saturated carbocycles. The molecule has 1 heterocycles. The first-order chi connectivity index (χ1) is 8.33. The lowest BCUT2D eigenvalue weighted by Gasteiger charge is -2.06. The average Bonchev–Trinajstić information content (AvgIpc) is 2.72. The topological polar surface area (TPSA) is 42.8 Å². The standard InChI is InChI=1S/C12H15N3OS/c1-2-8-16-9-11-13-14-12(17)15(11)10-6-4-3-5-7-10/h3-7H,2,8-9H2,1H3,(H,14,17). The third-order valence-electron chi connectivity index (χ3n) is 2.34. The number of benzene rings is 1. The van der Waals surface area contributed by atoms with Gasteiger partial charge in [0.05, 0.1) is 0 Å². The lowest BCUT2D eigenvalue weighted by molar-refractivity contribution is 0.115. The second-order valence-corrected chi connectivity index (χ2v) is 4.06. The minimum Gasteiger partial charge on any atom is -0.373 e. The van der Waals surface area contributed by atoms with Gasteiger partial charge in [0, 0.05) is 12.3 Å². The fourth-order valence-electron chi connectivity index (χ4n) is 1.58. The number of aromatic amines is 1. The van der Waals surface area contributed by atoms with Gasteiger partial charge in [-0.15, -0.1) is 0 Å². The molecule has 5 heteroatoms. The van der Waals surface area contributed by atoms with Crippen LogP contribution in [0.15, 0.2) is 30.3 Å². The summed E-state index contributed by atoms with van der Waals surface area (Å²) in [5, 5.41) is 6.98. The molecule has 0 saturated heterocycles. The molecule has 0 aliphatic rings. The number of rotatable bonds is 5. The third-order valence-corrected chi connectivity index (χ3v) is 2.61. The van der Waals surface area contributed by atoms with Gasteiger partial charge in [-0.2, -0.15) is 5.10 Å². The van der Waals surface area contributed by atoms with E-state index >= 15 is 0 Å². The van der Waals surface area contributed by atoms with Crippen LogP contribution >= 0.6 is 12.2 Å². The van der Waals surface area contributed by atoms with Gasteiger partial charge in [0.1, 0.15) is 6.61 Å². The van der Waals surface area contributed by atoms with E-state index in [1.165, 1.54) is 0 Å². The zero-order chi connectivity index (χ0) is 12.1. The van der Waals surface area contributed by atoms with Crippen molar-refractivity contribution in [3.8, 4) is 5.69 Å². The van der Waals surface area contributed by atoms with E-state index in [9.17, 15) is 0 Å². The summed E-state index contributed by atoms with van der Waals surface area (Å²) >= 11 is 5.22. The third kappa shape index (κ3) is 2.81. The van der Waals surface area contributed by atoms with Crippen molar-refractivity contribution >= 4 is 12.2 Å². The molecule has 2 rings (SSSR count). The highest BCUT2D eigenvalue weighted by atomic mass is 32.1. The van der Waals surface area contributed by atoms with Crippen LogP contribution in [0.25, 0.3) is 5.69 Å². The molecule has 1 N–H and O–H groups in total. The van der Waals surface area contributed by atoms with Crippen LogP contribution in [0, 0.1) is 4.77 Å². The van der Waals surface area contributed by atoms with Gasteiger partial charge >= 0.3 is 0 Å². The highest BCUT2D eigenvalue weighted by Crippen LogP contribution is 2.11. The second kappa shape index (κ2) is 5.75. The van der Waals surface area contributed by atoms with Crippen molar-refractivity contribution in [2.75, 3.05) is 6.61 Å². The van der Waals surface area contributed by atoms with Crippen LogP contribution in [0.2, 0.25) is 0 Å². The Hall–Kier alpha value is -1.46. The van der Waals surface area contributed by atoms with Gasteiger partial charge < -0.3 is 4.74 Å². The highest BCUT2D eigenvalue weighted by molar-refractivity contribution is 7.71. The predicted octanol–water partition coefficient (Wildman–Crippen LogP) is 2.86. The molecular weight excluding hydrogens is 234 g/mol. The number of hydrogen-bond donors (Lipinski definition) is 1. The Kier molecular flexibility index (Phi) is 4.06. The van der Waals surface area contributed by atoms with Crippen LogP contribution in [0.5, 0.6) is 0 Å². The smallest absolute Gasteiger partial charge is 0.199 e. The normalized spacial score (nSPS) is 10.6. The fourth-order valence-corrected chi connectivity index (χ4v) is 1.83. The summed E-state index contributed by atoms with van der Waals surface area (Å²) in [6.45, 7) is 3.28. The molecule has 0 aliphatic heterocycles. The van der Waals surface area contributed by atoms with Gasteiger partial charge in [-0.05, 0) is 30.8 Å². The van der Waals surface area contributed by atoms with Crippen molar-refractivity contribution in [1.29, 1.82) is 0 Å². The summed E-state index contributed by atoms with van der Waals surface area (Å²) in [6.07, 6.45) is 0.997. The van der Waals surface area contributed by atoms with Crippen LogP contribution in [0.1, 0.15) is 19.2 Å². The zero-order valence-electron chi connectivity index (χ0n) is 9.72. The average molecular weight is 249 g/mol. The first kappa shape index (κ1) is 12.0. The van der Waals surface area contributed by atoms with Gasteiger partial charge in [0.15, 0.2) is 10.6 Å². The molecule has 0 amide bonds. The number of nitrogens with zero attached hydrogens (tertiary/aromatic N) is 2. The Balaban J connectivity index is 2.27. The quantitative estimate of drug-likeness (QED) is 0.654. The molecule has 17 heavy (non-hydrogen) atoms. The monoisotopic (exact) mass is 249 g/mol. The summed E-state index contributed by atoms with van der Waals surface area (Å²) in [4.78, 5) is 0. The molecule has 2 aromatic rings. The van der Waals surface area contributed by atoms with Crippen LogP contribution in [-0.2, 0) is 11.3 Å². The van der Waals surface area contributed by atoms with E-state index in [1.807, 2.05) is 34.9 Å². The van der Waals surface area contributed by atoms with Gasteiger partial charge in [0.25, 0.3) is 0 Å². The SMILES string of the molecule is CCCOCc1n[nH]c(=S)n1-c1ccccc1. The van der Waals surface area contributed by atoms with Crippen LogP contribution < -0.4 is 0 Å². The molecule has 0 aliphatic carbocycles. The van der Waals surface area contributed by atoms with Gasteiger partial charge in [-0.1, -0.05) is 25.1 Å². The highest BCUT2D eigenvalue weighted by Gasteiger charge is 2.07. The van der Waals surface area contributed by atoms with Gasteiger partial charge in [0.2, 0.25) is 0 Å². The largest absolute Gasteiger partial charge is 0.373 e. The zero-order valence-corrected chi connectivity index (χ0v) is 10.5. The van der Waals surface area contributed by atoms with Crippen molar-refractivity contribution in [1.82, 2.24) is 14.8 Å². The summed E-state index contributed by atoms with van der Waals surface area (Å²) in [5.74, 6) is 0.801. The molecule has 0 unspecified atom stereocenters. The minimum absolute atomic E-state index is 0.468. The summed E-state index contributed by atoms with van der Waals surface area (Å²) in [5.41, 5.74) is 1.00. The van der Waals surface area contributed by atoms with Crippen molar-refractivity contribution < 1.29 is 4.74 Å². The summed E-state index contributed by atoms with van der Waals surface area (Å²) in [6, 6.07) is 9.91. The van der Waals surface area contributed by atoms with Crippen molar-refractivity contribution in [3.05, 3.63) is 40.9 Å². The molecule has 0 radical (unpaired) electrons. The van der Waals surface area contributed by atoms with E-state index in [-0.39, 0.29) is 0 Å². The van der Waals surface area contributed by atoms with Crippen LogP contribution in [0.4, 0.5) is 0 Å². The number of hydrogen-bond acceptors (Lipinski definition) is 3. The van der Waals surface area contributed by atoms with E-state index < -0.39 is 0 Å². The molecule has 1 aromatic carbocycles. The maximum absolute atomic E-state index is 5.49. The Morgan fingerprint density at radius 1 is 1.35 bits per heavy atom. The number of nitrogens with one attached hydrogen (secondary N) is 1. The lowest BCUT2D eigenvalue weighted by atomic mass is 10.3. The summed E-state index contributed by atoms with van der Waals surface area (Å²) < 4.78 is 7.98. The number of para-hydroxylation sites is 1. The van der Waals surface area contributed by atoms with Gasteiger partial charge in [-0.3, -0.25) is 9.67 Å². The van der Waals surface area contributed by atoms with E-state index in [0.29, 0.717) is 11.4 Å². The number of aromatic nitrogens is 3. The van der Waals surface area contributed by atoms with E-state index in [4.69, 9.17) is 17.0 Å². The number of ether oxygens (including phenoxy) is 1. The molecule has 1 aromatic heterocycles. The maximum Gasteiger partial charge on any atom is 0.199 e. The Bertz CT molecular complexity index is 518. The van der Waals surface area contributed by atoms with Crippen LogP contribution in [0.3, 0.4) is 0 Å². The molecule has 4 nitrogen and oxygen atoms in total. The number of H-pyrrole nitrogens is 1. The second-order valence-electron chi connectivity index (χ2n) is 3.67. The minimum atomic E-state index is 0.468. The van der Waals surface area contributed by atoms with E-state index in [2.05, 4.69) is 17.1 Å². The molecule has 0 spiro atoms. The molecule has 0 fully saturated rings. The Morgan fingerprint density at radius 2 is 2.12 bits per heavy atom. The van der Waals surface area contributed by atoms with E-state index in [0.717, 1.165) is 24.5 Å². The molecule has 0 bridgehead atoms. The fraction of sp³-hybridized carbons (Fsp3) is 0.333. The lowest BCUT2D eigenvalue weighted by Crippen LogP contribution is -2.04. The molecular formula is C12H15N3OS. The Morgan fingerprint density at radius 3 is 2.82 bits per heavy atom. The van der Waals surface area contributed by atoms with Gasteiger partial charge in [-0.25, -0.2) is 0 Å².